The summed E-state index contributed by atoms with van der Waals surface area (Å²) in [7, 11) is 2.06. The summed E-state index contributed by atoms with van der Waals surface area (Å²) in [4.78, 5) is 24.5. The van der Waals surface area contributed by atoms with Gasteiger partial charge in [0.1, 0.15) is 0 Å². The topological polar surface area (TPSA) is 39.7 Å². The molecule has 0 N–H and O–H groups in total. The lowest BCUT2D eigenvalue weighted by molar-refractivity contribution is -0.130. The van der Waals surface area contributed by atoms with E-state index in [-0.39, 0.29) is 11.9 Å². The first-order valence-corrected chi connectivity index (χ1v) is 14.1. The van der Waals surface area contributed by atoms with Gasteiger partial charge in [-0.2, -0.15) is 0 Å². The molecule has 5 rings (SSSR count). The van der Waals surface area contributed by atoms with Gasteiger partial charge in [-0.1, -0.05) is 72.3 Å². The zero-order valence-electron chi connectivity index (χ0n) is 23.5. The summed E-state index contributed by atoms with van der Waals surface area (Å²) in [5.74, 6) is 0.0704. The SMILES string of the molecule is Cc1cccc(/C=C/C(=O)N(Cc2ccc(N(C)c3ccncc3)cc2)C2CCN(Cc3ccccc3)CC2)c1. The van der Waals surface area contributed by atoms with Gasteiger partial charge in [-0.25, -0.2) is 0 Å². The van der Waals surface area contributed by atoms with Crippen LogP contribution in [0.2, 0.25) is 0 Å². The molecule has 5 heteroatoms. The van der Waals surface area contributed by atoms with E-state index in [1.54, 1.807) is 18.5 Å². The predicted octanol–water partition coefficient (Wildman–Crippen LogP) is 6.86. The van der Waals surface area contributed by atoms with Crippen LogP contribution in [0.5, 0.6) is 0 Å². The van der Waals surface area contributed by atoms with Gasteiger partial charge in [0, 0.05) is 69.1 Å². The monoisotopic (exact) mass is 530 g/mol. The lowest BCUT2D eigenvalue weighted by Crippen LogP contribution is -2.46. The summed E-state index contributed by atoms with van der Waals surface area (Å²) in [5, 5.41) is 0. The molecule has 0 saturated carbocycles. The predicted molar refractivity (Wildman–Crippen MR) is 164 cm³/mol. The van der Waals surface area contributed by atoms with E-state index >= 15 is 0 Å². The zero-order valence-corrected chi connectivity index (χ0v) is 23.5. The normalized spacial score (nSPS) is 14.3. The van der Waals surface area contributed by atoms with Gasteiger partial charge in [-0.3, -0.25) is 14.7 Å². The van der Waals surface area contributed by atoms with Crippen LogP contribution in [0.25, 0.3) is 6.08 Å². The molecule has 1 fully saturated rings. The fraction of sp³-hybridized carbons (Fsp3) is 0.257. The summed E-state index contributed by atoms with van der Waals surface area (Å²) < 4.78 is 0. The number of hydrogen-bond acceptors (Lipinski definition) is 4. The van der Waals surface area contributed by atoms with Crippen LogP contribution in [0.4, 0.5) is 11.4 Å². The van der Waals surface area contributed by atoms with Gasteiger partial charge in [0.2, 0.25) is 5.91 Å². The van der Waals surface area contributed by atoms with E-state index in [0.29, 0.717) is 6.54 Å². The van der Waals surface area contributed by atoms with Crippen molar-refractivity contribution in [3.05, 3.63) is 132 Å². The summed E-state index contributed by atoms with van der Waals surface area (Å²) >= 11 is 0. The van der Waals surface area contributed by atoms with Crippen molar-refractivity contribution in [3.63, 3.8) is 0 Å². The van der Waals surface area contributed by atoms with Gasteiger partial charge in [-0.05, 0) is 66.8 Å². The fourth-order valence-corrected chi connectivity index (χ4v) is 5.39. The highest BCUT2D eigenvalue weighted by atomic mass is 16.2. The van der Waals surface area contributed by atoms with E-state index in [1.165, 1.54) is 11.1 Å². The summed E-state index contributed by atoms with van der Waals surface area (Å²) in [6.45, 7) is 5.60. The van der Waals surface area contributed by atoms with Crippen molar-refractivity contribution in [1.29, 1.82) is 0 Å². The van der Waals surface area contributed by atoms with E-state index in [2.05, 4.69) is 100 Å². The maximum atomic E-state index is 13.6. The molecule has 0 aliphatic carbocycles. The van der Waals surface area contributed by atoms with Gasteiger partial charge in [0.05, 0.1) is 0 Å². The molecule has 2 heterocycles. The summed E-state index contributed by atoms with van der Waals surface area (Å²) in [6, 6.07) is 31.6. The number of benzene rings is 3. The highest BCUT2D eigenvalue weighted by Crippen LogP contribution is 2.25. The Morgan fingerprint density at radius 2 is 1.57 bits per heavy atom. The maximum Gasteiger partial charge on any atom is 0.247 e. The highest BCUT2D eigenvalue weighted by molar-refractivity contribution is 5.92. The van der Waals surface area contributed by atoms with Gasteiger partial charge in [-0.15, -0.1) is 0 Å². The van der Waals surface area contributed by atoms with Gasteiger partial charge in [0.25, 0.3) is 0 Å². The molecule has 204 valence electrons. The largest absolute Gasteiger partial charge is 0.345 e. The lowest BCUT2D eigenvalue weighted by atomic mass is 10.0. The molecular weight excluding hydrogens is 492 g/mol. The third kappa shape index (κ3) is 7.25. The zero-order chi connectivity index (χ0) is 27.7. The lowest BCUT2D eigenvalue weighted by Gasteiger charge is -2.38. The van der Waals surface area contributed by atoms with Crippen molar-refractivity contribution in [1.82, 2.24) is 14.8 Å². The molecule has 1 amide bonds. The second kappa shape index (κ2) is 13.2. The van der Waals surface area contributed by atoms with Crippen LogP contribution in [0.3, 0.4) is 0 Å². The first kappa shape index (κ1) is 27.4. The number of aryl methyl sites for hydroxylation is 1. The van der Waals surface area contributed by atoms with Crippen LogP contribution in [0.15, 0.2) is 109 Å². The third-order valence-electron chi connectivity index (χ3n) is 7.72. The second-order valence-corrected chi connectivity index (χ2v) is 10.6. The number of amides is 1. The number of likely N-dealkylation sites (tertiary alicyclic amines) is 1. The number of hydrogen-bond donors (Lipinski definition) is 0. The van der Waals surface area contributed by atoms with Crippen molar-refractivity contribution in [2.75, 3.05) is 25.0 Å². The Morgan fingerprint density at radius 1 is 0.875 bits per heavy atom. The van der Waals surface area contributed by atoms with E-state index in [1.807, 2.05) is 30.3 Å². The van der Waals surface area contributed by atoms with Crippen molar-refractivity contribution in [2.24, 2.45) is 0 Å². The van der Waals surface area contributed by atoms with Gasteiger partial charge in [0.15, 0.2) is 0 Å². The third-order valence-corrected chi connectivity index (χ3v) is 7.72. The molecule has 3 aromatic carbocycles. The smallest absolute Gasteiger partial charge is 0.247 e. The molecule has 5 nitrogen and oxygen atoms in total. The Bertz CT molecular complexity index is 1390. The Labute approximate surface area is 238 Å². The molecule has 4 aromatic rings. The summed E-state index contributed by atoms with van der Waals surface area (Å²) in [5.41, 5.74) is 6.90. The first-order valence-electron chi connectivity index (χ1n) is 14.1. The molecule has 0 bridgehead atoms. The number of aromatic nitrogens is 1. The molecule has 1 saturated heterocycles. The molecule has 0 radical (unpaired) electrons. The van der Waals surface area contributed by atoms with Crippen LogP contribution in [-0.2, 0) is 17.9 Å². The average molecular weight is 531 g/mol. The molecular formula is C35H38N4O. The van der Waals surface area contributed by atoms with Gasteiger partial charge >= 0.3 is 0 Å². The van der Waals surface area contributed by atoms with Crippen LogP contribution in [-0.4, -0.2) is 46.9 Å². The van der Waals surface area contributed by atoms with Crippen molar-refractivity contribution in [2.45, 2.75) is 38.9 Å². The molecule has 1 aliphatic heterocycles. The van der Waals surface area contributed by atoms with Crippen LogP contribution < -0.4 is 4.90 Å². The maximum absolute atomic E-state index is 13.6. The van der Waals surface area contributed by atoms with Crippen molar-refractivity contribution in [3.8, 4) is 0 Å². The number of carbonyl (C=O) groups excluding carboxylic acids is 1. The Kier molecular flexibility index (Phi) is 9.04. The van der Waals surface area contributed by atoms with E-state index in [0.717, 1.165) is 55.0 Å². The highest BCUT2D eigenvalue weighted by Gasteiger charge is 2.27. The van der Waals surface area contributed by atoms with E-state index in [9.17, 15) is 4.79 Å². The van der Waals surface area contributed by atoms with E-state index in [4.69, 9.17) is 0 Å². The van der Waals surface area contributed by atoms with Gasteiger partial charge < -0.3 is 9.80 Å². The van der Waals surface area contributed by atoms with Crippen molar-refractivity contribution >= 4 is 23.4 Å². The molecule has 0 unspecified atom stereocenters. The second-order valence-electron chi connectivity index (χ2n) is 10.6. The fourth-order valence-electron chi connectivity index (χ4n) is 5.39. The minimum absolute atomic E-state index is 0.0704. The van der Waals surface area contributed by atoms with Crippen LogP contribution >= 0.6 is 0 Å². The molecule has 1 aliphatic rings. The van der Waals surface area contributed by atoms with E-state index < -0.39 is 0 Å². The molecule has 1 aromatic heterocycles. The first-order chi connectivity index (χ1) is 19.5. The van der Waals surface area contributed by atoms with Crippen LogP contribution in [0, 0.1) is 6.92 Å². The quantitative estimate of drug-likeness (QED) is 0.222. The Balaban J connectivity index is 1.29. The number of rotatable bonds is 9. The number of pyridine rings is 1. The summed E-state index contributed by atoms with van der Waals surface area (Å²) in [6.07, 6.45) is 9.24. The minimum Gasteiger partial charge on any atom is -0.345 e. The van der Waals surface area contributed by atoms with Crippen molar-refractivity contribution < 1.29 is 4.79 Å². The van der Waals surface area contributed by atoms with Crippen LogP contribution in [0.1, 0.15) is 35.1 Å². The number of nitrogens with zero attached hydrogens (tertiary/aromatic N) is 4. The Morgan fingerprint density at radius 3 is 2.27 bits per heavy atom. The minimum atomic E-state index is 0.0704. The molecule has 0 spiro atoms. The number of carbonyl (C=O) groups is 1. The molecule has 0 atom stereocenters. The Hall–Kier alpha value is -4.22. The number of anilines is 2. The standard InChI is InChI=1S/C35H38N4O/c1-28-7-6-10-29(25-28)13-16-35(40)39(34-19-23-38(24-20-34)26-30-8-4-3-5-9-30)27-31-11-14-32(15-12-31)37(2)33-17-21-36-22-18-33/h3-18,21-22,25,34H,19-20,23-24,26-27H2,1-2H3/b16-13+. The average Bonchev–Trinajstić information content (AvgIpc) is 3.00. The molecule has 40 heavy (non-hydrogen) atoms. The number of piperidine rings is 1.